The number of amides is 2. The highest BCUT2D eigenvalue weighted by Gasteiger charge is 2.27. The van der Waals surface area contributed by atoms with Gasteiger partial charge < -0.3 is 16.4 Å². The summed E-state index contributed by atoms with van der Waals surface area (Å²) in [5, 5.41) is 13.3. The molecule has 0 radical (unpaired) electrons. The molecule has 18 heavy (non-hydrogen) atoms. The van der Waals surface area contributed by atoms with Crippen molar-refractivity contribution in [1.82, 2.24) is 10.6 Å². The average Bonchev–Trinajstić information content (AvgIpc) is 2.37. The third-order valence-corrected chi connectivity index (χ3v) is 3.56. The first-order valence-electron chi connectivity index (χ1n) is 7.03. The number of carbonyl (C=O) groups excluding carboxylic acids is 1. The summed E-state index contributed by atoms with van der Waals surface area (Å²) < 4.78 is 0. The van der Waals surface area contributed by atoms with Crippen molar-refractivity contribution < 1.29 is 4.79 Å². The fourth-order valence-electron chi connectivity index (χ4n) is 2.49. The van der Waals surface area contributed by atoms with Gasteiger partial charge in [0.15, 0.2) is 0 Å². The van der Waals surface area contributed by atoms with E-state index < -0.39 is 0 Å². The molecule has 0 aliphatic heterocycles. The van der Waals surface area contributed by atoms with Crippen LogP contribution in [-0.2, 0) is 0 Å². The van der Waals surface area contributed by atoms with E-state index in [9.17, 15) is 4.79 Å². The minimum atomic E-state index is -0.299. The Balaban J connectivity index is 2.41. The highest BCUT2D eigenvalue weighted by molar-refractivity contribution is 5.88. The van der Waals surface area contributed by atoms with Gasteiger partial charge in [0.2, 0.25) is 0 Å². The maximum atomic E-state index is 11.7. The molecule has 0 heterocycles. The van der Waals surface area contributed by atoms with Gasteiger partial charge in [-0.2, -0.15) is 0 Å². The molecule has 1 unspecified atom stereocenters. The molecule has 0 bridgehead atoms. The molecule has 2 amide bonds. The van der Waals surface area contributed by atoms with E-state index in [4.69, 9.17) is 11.1 Å². The number of urea groups is 1. The summed E-state index contributed by atoms with van der Waals surface area (Å²) in [5.74, 6) is 0.403. The van der Waals surface area contributed by atoms with Gasteiger partial charge in [-0.3, -0.25) is 5.41 Å². The first-order chi connectivity index (χ1) is 8.65. The molecule has 5 heteroatoms. The van der Waals surface area contributed by atoms with E-state index in [1.165, 1.54) is 19.3 Å². The molecule has 0 spiro atoms. The zero-order valence-corrected chi connectivity index (χ0v) is 11.3. The molecule has 1 rings (SSSR count). The largest absolute Gasteiger partial charge is 0.386 e. The van der Waals surface area contributed by atoms with Gasteiger partial charge in [-0.25, -0.2) is 4.79 Å². The third-order valence-electron chi connectivity index (χ3n) is 3.56. The maximum Gasteiger partial charge on any atom is 0.315 e. The van der Waals surface area contributed by atoms with Crippen LogP contribution in [0.2, 0.25) is 0 Å². The highest BCUT2D eigenvalue weighted by Crippen LogP contribution is 2.26. The van der Waals surface area contributed by atoms with Crippen LogP contribution in [0.15, 0.2) is 0 Å². The minimum absolute atomic E-state index is 0.0764. The normalized spacial score (nSPS) is 18.1. The van der Waals surface area contributed by atoms with E-state index in [0.29, 0.717) is 12.5 Å². The fourth-order valence-corrected chi connectivity index (χ4v) is 2.49. The molecule has 5 nitrogen and oxygen atoms in total. The zero-order chi connectivity index (χ0) is 13.4. The van der Waals surface area contributed by atoms with E-state index >= 15 is 0 Å². The number of hydrogen-bond acceptors (Lipinski definition) is 2. The second-order valence-corrected chi connectivity index (χ2v) is 5.08. The second kappa shape index (κ2) is 7.95. The molecule has 1 fully saturated rings. The van der Waals surface area contributed by atoms with Gasteiger partial charge in [0, 0.05) is 6.54 Å². The lowest BCUT2D eigenvalue weighted by Gasteiger charge is -2.30. The van der Waals surface area contributed by atoms with Crippen molar-refractivity contribution in [2.45, 2.75) is 57.9 Å². The Morgan fingerprint density at radius 1 is 1.39 bits per heavy atom. The van der Waals surface area contributed by atoms with Crippen molar-refractivity contribution in [3.05, 3.63) is 0 Å². The van der Waals surface area contributed by atoms with E-state index in [-0.39, 0.29) is 17.9 Å². The molecule has 104 valence electrons. The topological polar surface area (TPSA) is 91.0 Å². The van der Waals surface area contributed by atoms with Crippen molar-refractivity contribution in [2.24, 2.45) is 11.7 Å². The summed E-state index contributed by atoms with van der Waals surface area (Å²) >= 11 is 0. The van der Waals surface area contributed by atoms with Gasteiger partial charge >= 0.3 is 6.03 Å². The zero-order valence-electron chi connectivity index (χ0n) is 11.3. The van der Waals surface area contributed by atoms with Crippen LogP contribution >= 0.6 is 0 Å². The van der Waals surface area contributed by atoms with Crippen LogP contribution in [0.4, 0.5) is 4.79 Å². The molecular formula is C13H26N4O. The smallest absolute Gasteiger partial charge is 0.315 e. The maximum absolute atomic E-state index is 11.7. The number of rotatable bonds is 6. The Bertz CT molecular complexity index is 274. The van der Waals surface area contributed by atoms with E-state index in [1.807, 2.05) is 0 Å². The summed E-state index contributed by atoms with van der Waals surface area (Å²) in [5.41, 5.74) is 5.61. The quantitative estimate of drug-likeness (QED) is 0.331. The van der Waals surface area contributed by atoms with Crippen LogP contribution < -0.4 is 16.4 Å². The Morgan fingerprint density at radius 3 is 2.61 bits per heavy atom. The summed E-state index contributed by atoms with van der Waals surface area (Å²) in [4.78, 5) is 11.7. The fraction of sp³-hybridized carbons (Fsp3) is 0.846. The predicted molar refractivity (Wildman–Crippen MR) is 73.7 cm³/mol. The molecule has 1 atom stereocenters. The van der Waals surface area contributed by atoms with Crippen LogP contribution in [0.1, 0.15) is 51.9 Å². The lowest BCUT2D eigenvalue weighted by molar-refractivity contribution is 0.231. The summed E-state index contributed by atoms with van der Waals surface area (Å²) in [6.07, 6.45) is 7.74. The second-order valence-electron chi connectivity index (χ2n) is 5.08. The molecule has 5 N–H and O–H groups in total. The predicted octanol–water partition coefficient (Wildman–Crippen LogP) is 1.97. The Morgan fingerprint density at radius 2 is 2.06 bits per heavy atom. The van der Waals surface area contributed by atoms with Gasteiger partial charge in [0.05, 0.1) is 6.04 Å². The molecule has 0 aromatic heterocycles. The third kappa shape index (κ3) is 4.94. The number of hydrogen-bond donors (Lipinski definition) is 4. The van der Waals surface area contributed by atoms with Crippen molar-refractivity contribution in [3.63, 3.8) is 0 Å². The van der Waals surface area contributed by atoms with Crippen molar-refractivity contribution in [3.8, 4) is 0 Å². The molecule has 1 aliphatic rings. The van der Waals surface area contributed by atoms with Crippen LogP contribution in [0.3, 0.4) is 0 Å². The van der Waals surface area contributed by atoms with Gasteiger partial charge in [-0.05, 0) is 25.2 Å². The summed E-state index contributed by atoms with van der Waals surface area (Å²) in [6.45, 7) is 2.76. The average molecular weight is 254 g/mol. The van der Waals surface area contributed by atoms with Gasteiger partial charge in [0.1, 0.15) is 5.84 Å². The lowest BCUT2D eigenvalue weighted by atomic mass is 9.83. The number of unbranched alkanes of at least 4 members (excludes halogenated alkanes) is 1. The van der Waals surface area contributed by atoms with Crippen molar-refractivity contribution in [2.75, 3.05) is 6.54 Å². The lowest BCUT2D eigenvalue weighted by Crippen LogP contribution is -2.52. The standard InChI is InChI=1S/C13H26N4O/c1-2-3-9-16-13(18)17-11(12(14)15)10-7-5-4-6-8-10/h10-11H,2-9H2,1H3,(H3,14,15)(H2,16,17,18). The molecule has 1 aliphatic carbocycles. The minimum Gasteiger partial charge on any atom is -0.386 e. The first-order valence-corrected chi connectivity index (χ1v) is 7.03. The number of nitrogens with one attached hydrogen (secondary N) is 3. The molecular weight excluding hydrogens is 228 g/mol. The van der Waals surface area contributed by atoms with Crippen molar-refractivity contribution in [1.29, 1.82) is 5.41 Å². The Hall–Kier alpha value is -1.26. The SMILES string of the molecule is CCCCNC(=O)NC(C(=N)N)C1CCCCC1. The molecule has 1 saturated carbocycles. The van der Waals surface area contributed by atoms with Gasteiger partial charge in [0.25, 0.3) is 0 Å². The van der Waals surface area contributed by atoms with Crippen molar-refractivity contribution >= 4 is 11.9 Å². The van der Waals surface area contributed by atoms with Crippen LogP contribution in [0, 0.1) is 11.3 Å². The highest BCUT2D eigenvalue weighted by atomic mass is 16.2. The summed E-state index contributed by atoms with van der Waals surface area (Å²) in [6, 6.07) is -0.499. The first kappa shape index (κ1) is 14.8. The van der Waals surface area contributed by atoms with Crippen LogP contribution in [-0.4, -0.2) is 24.5 Å². The summed E-state index contributed by atoms with van der Waals surface area (Å²) in [7, 11) is 0. The van der Waals surface area contributed by atoms with Crippen LogP contribution in [0.25, 0.3) is 0 Å². The molecule has 0 aromatic rings. The van der Waals surface area contributed by atoms with E-state index in [2.05, 4.69) is 17.6 Å². The van der Waals surface area contributed by atoms with E-state index in [1.54, 1.807) is 0 Å². The Labute approximate surface area is 109 Å². The monoisotopic (exact) mass is 254 g/mol. The Kier molecular flexibility index (Phi) is 6.54. The molecule has 0 saturated heterocycles. The van der Waals surface area contributed by atoms with Crippen LogP contribution in [0.5, 0.6) is 0 Å². The molecule has 0 aromatic carbocycles. The van der Waals surface area contributed by atoms with E-state index in [0.717, 1.165) is 25.7 Å². The number of nitrogens with two attached hydrogens (primary N) is 1. The van der Waals surface area contributed by atoms with Gasteiger partial charge in [-0.1, -0.05) is 32.6 Å². The number of carbonyl (C=O) groups is 1. The van der Waals surface area contributed by atoms with Gasteiger partial charge in [-0.15, -0.1) is 0 Å². The number of amidine groups is 1.